The highest BCUT2D eigenvalue weighted by atomic mass is 16.7. The van der Waals surface area contributed by atoms with E-state index in [1.54, 1.807) is 0 Å². The largest absolute Gasteiger partial charge is 0.394 e. The Morgan fingerprint density at radius 1 is 0.821 bits per heavy atom. The number of rotatable bonds is 8. The van der Waals surface area contributed by atoms with E-state index in [9.17, 15) is 35.7 Å². The molecule has 0 aromatic carbocycles. The van der Waals surface area contributed by atoms with Crippen molar-refractivity contribution in [2.75, 3.05) is 26.4 Å². The van der Waals surface area contributed by atoms with Crippen LogP contribution in [0.2, 0.25) is 0 Å². The summed E-state index contributed by atoms with van der Waals surface area (Å²) >= 11 is 0. The molecule has 162 valence electrons. The fraction of sp³-hybridized carbons (Fsp3) is 1.00. The standard InChI is InChI=1S/C14H25N3O11/c15-17-16-1-2-25-13-11(24)9(22)12(6(4-19)27-13)28-14-10(23)8(21)7(20)5(3-18)26-14/h5-14,18-24H,1-4H2/t5?,6?,7-,8?,9?,10?,11?,12+,13+,14-/m0/s1. The van der Waals surface area contributed by atoms with Crippen molar-refractivity contribution in [3.05, 3.63) is 10.4 Å². The molecule has 2 aliphatic rings. The predicted molar refractivity (Wildman–Crippen MR) is 86.4 cm³/mol. The zero-order valence-corrected chi connectivity index (χ0v) is 14.7. The summed E-state index contributed by atoms with van der Waals surface area (Å²) in [5.74, 6) is 0. The first kappa shape index (κ1) is 23.2. The molecule has 2 rings (SSSR count). The summed E-state index contributed by atoms with van der Waals surface area (Å²) in [6.45, 7) is -1.51. The number of azide groups is 1. The normalized spacial score (nSPS) is 44.1. The molecule has 28 heavy (non-hydrogen) atoms. The Balaban J connectivity index is 2.05. The monoisotopic (exact) mass is 411 g/mol. The molecule has 0 aliphatic carbocycles. The topological polar surface area (TPSA) is 227 Å². The fourth-order valence-electron chi connectivity index (χ4n) is 2.95. The minimum absolute atomic E-state index is 0.0479. The van der Waals surface area contributed by atoms with E-state index in [-0.39, 0.29) is 13.2 Å². The van der Waals surface area contributed by atoms with Gasteiger partial charge in [-0.25, -0.2) is 0 Å². The van der Waals surface area contributed by atoms with Gasteiger partial charge in [-0.05, 0) is 5.53 Å². The van der Waals surface area contributed by atoms with Gasteiger partial charge in [-0.1, -0.05) is 5.11 Å². The van der Waals surface area contributed by atoms with Gasteiger partial charge in [0.25, 0.3) is 0 Å². The molecule has 0 aromatic rings. The molecule has 6 unspecified atom stereocenters. The van der Waals surface area contributed by atoms with Crippen LogP contribution in [0, 0.1) is 0 Å². The zero-order chi connectivity index (χ0) is 20.8. The van der Waals surface area contributed by atoms with Gasteiger partial charge in [0.1, 0.15) is 48.8 Å². The Morgan fingerprint density at radius 3 is 2.04 bits per heavy atom. The molecular weight excluding hydrogens is 386 g/mol. The molecule has 0 radical (unpaired) electrons. The molecule has 2 aliphatic heterocycles. The smallest absolute Gasteiger partial charge is 0.187 e. The third-order valence-corrected chi connectivity index (χ3v) is 4.50. The minimum Gasteiger partial charge on any atom is -0.394 e. The lowest BCUT2D eigenvalue weighted by Crippen LogP contribution is -2.64. The van der Waals surface area contributed by atoms with Gasteiger partial charge >= 0.3 is 0 Å². The van der Waals surface area contributed by atoms with Crippen LogP contribution in [-0.4, -0.2) is 124 Å². The van der Waals surface area contributed by atoms with Crippen LogP contribution in [0.4, 0.5) is 0 Å². The highest BCUT2D eigenvalue weighted by Gasteiger charge is 2.50. The van der Waals surface area contributed by atoms with Gasteiger partial charge in [0.15, 0.2) is 12.6 Å². The van der Waals surface area contributed by atoms with Crippen molar-refractivity contribution in [3.63, 3.8) is 0 Å². The van der Waals surface area contributed by atoms with Gasteiger partial charge in [-0.15, -0.1) is 0 Å². The van der Waals surface area contributed by atoms with Gasteiger partial charge < -0.3 is 54.7 Å². The maximum atomic E-state index is 10.3. The zero-order valence-electron chi connectivity index (χ0n) is 14.7. The average molecular weight is 411 g/mol. The number of aliphatic hydroxyl groups is 7. The van der Waals surface area contributed by atoms with Crippen molar-refractivity contribution in [2.45, 2.75) is 61.4 Å². The molecule has 14 nitrogen and oxygen atoms in total. The third-order valence-electron chi connectivity index (χ3n) is 4.50. The molecule has 2 saturated heterocycles. The summed E-state index contributed by atoms with van der Waals surface area (Å²) in [7, 11) is 0. The Hall–Kier alpha value is -1.13. The summed E-state index contributed by atoms with van der Waals surface area (Å²) in [5.41, 5.74) is 8.21. The van der Waals surface area contributed by atoms with Crippen molar-refractivity contribution in [1.29, 1.82) is 0 Å². The number of hydrogen-bond donors (Lipinski definition) is 7. The van der Waals surface area contributed by atoms with Crippen LogP contribution in [0.15, 0.2) is 5.11 Å². The van der Waals surface area contributed by atoms with E-state index in [1.807, 2.05) is 0 Å². The van der Waals surface area contributed by atoms with E-state index in [0.29, 0.717) is 0 Å². The summed E-state index contributed by atoms with van der Waals surface area (Å²) < 4.78 is 21.1. The molecule has 2 heterocycles. The van der Waals surface area contributed by atoms with Gasteiger partial charge in [-0.3, -0.25) is 0 Å². The Labute approximate surface area is 159 Å². The lowest BCUT2D eigenvalue weighted by atomic mass is 9.97. The van der Waals surface area contributed by atoms with Crippen molar-refractivity contribution in [1.82, 2.24) is 0 Å². The van der Waals surface area contributed by atoms with Crippen LogP contribution in [0.5, 0.6) is 0 Å². The molecule has 0 bridgehead atoms. The van der Waals surface area contributed by atoms with E-state index in [0.717, 1.165) is 0 Å². The second-order valence-corrected chi connectivity index (χ2v) is 6.33. The van der Waals surface area contributed by atoms with E-state index >= 15 is 0 Å². The molecular formula is C14H25N3O11. The summed E-state index contributed by atoms with van der Waals surface area (Å²) in [5, 5.41) is 72.1. The van der Waals surface area contributed by atoms with Crippen LogP contribution >= 0.6 is 0 Å². The van der Waals surface area contributed by atoms with E-state index in [4.69, 9.17) is 24.5 Å². The van der Waals surface area contributed by atoms with Crippen LogP contribution < -0.4 is 0 Å². The number of ether oxygens (including phenoxy) is 4. The summed E-state index contributed by atoms with van der Waals surface area (Å²) in [4.78, 5) is 2.53. The maximum absolute atomic E-state index is 10.3. The second-order valence-electron chi connectivity index (χ2n) is 6.33. The van der Waals surface area contributed by atoms with Crippen LogP contribution in [0.3, 0.4) is 0 Å². The molecule has 0 amide bonds. The number of aliphatic hydroxyl groups excluding tert-OH is 7. The predicted octanol–water partition coefficient (Wildman–Crippen LogP) is -4.06. The average Bonchev–Trinajstić information content (AvgIpc) is 2.70. The SMILES string of the molecule is [N-]=[N+]=NCCO[C@@H]1OC(CO)[C@@H](O[C@@H]2OC(CO)[C@H](O)C(O)C2O)C(O)C1O. The van der Waals surface area contributed by atoms with Crippen LogP contribution in [0.1, 0.15) is 0 Å². The Bertz CT molecular complexity index is 533. The first-order chi connectivity index (χ1) is 13.3. The van der Waals surface area contributed by atoms with Gasteiger partial charge in [-0.2, -0.15) is 0 Å². The van der Waals surface area contributed by atoms with Crippen molar-refractivity contribution in [2.24, 2.45) is 5.11 Å². The van der Waals surface area contributed by atoms with Gasteiger partial charge in [0.05, 0.1) is 19.8 Å². The Kier molecular flexibility index (Phi) is 8.76. The number of nitrogens with zero attached hydrogens (tertiary/aromatic N) is 3. The summed E-state index contributed by atoms with van der Waals surface area (Å²) in [6.07, 6.45) is -15.1. The van der Waals surface area contributed by atoms with Crippen molar-refractivity contribution >= 4 is 0 Å². The summed E-state index contributed by atoms with van der Waals surface area (Å²) in [6, 6.07) is 0. The van der Waals surface area contributed by atoms with Gasteiger partial charge in [0, 0.05) is 11.5 Å². The molecule has 0 spiro atoms. The molecule has 7 N–H and O–H groups in total. The first-order valence-electron chi connectivity index (χ1n) is 8.56. The molecule has 0 saturated carbocycles. The molecule has 0 aromatic heterocycles. The molecule has 14 heteroatoms. The highest BCUT2D eigenvalue weighted by molar-refractivity contribution is 4.94. The van der Waals surface area contributed by atoms with Crippen molar-refractivity contribution in [3.8, 4) is 0 Å². The van der Waals surface area contributed by atoms with E-state index in [1.165, 1.54) is 0 Å². The quantitative estimate of drug-likeness (QED) is 0.0879. The maximum Gasteiger partial charge on any atom is 0.187 e. The third kappa shape index (κ3) is 5.07. The van der Waals surface area contributed by atoms with Gasteiger partial charge in [0.2, 0.25) is 0 Å². The lowest BCUT2D eigenvalue weighted by molar-refractivity contribution is -0.359. The van der Waals surface area contributed by atoms with Crippen LogP contribution in [-0.2, 0) is 18.9 Å². The van der Waals surface area contributed by atoms with Crippen LogP contribution in [0.25, 0.3) is 10.4 Å². The van der Waals surface area contributed by atoms with Crippen molar-refractivity contribution < 1.29 is 54.7 Å². The second kappa shape index (κ2) is 10.6. The first-order valence-corrected chi connectivity index (χ1v) is 8.56. The lowest BCUT2D eigenvalue weighted by Gasteiger charge is -2.45. The highest BCUT2D eigenvalue weighted by Crippen LogP contribution is 2.29. The minimum atomic E-state index is -1.74. The number of hydrogen-bond acceptors (Lipinski definition) is 12. The Morgan fingerprint density at radius 2 is 1.43 bits per heavy atom. The van der Waals surface area contributed by atoms with E-state index < -0.39 is 74.6 Å². The molecule has 2 fully saturated rings. The fourth-order valence-corrected chi connectivity index (χ4v) is 2.95. The molecule has 10 atom stereocenters. The van der Waals surface area contributed by atoms with E-state index in [2.05, 4.69) is 10.0 Å².